The Labute approximate surface area is 126 Å². The van der Waals surface area contributed by atoms with Crippen LogP contribution in [0.4, 0.5) is 14.5 Å². The van der Waals surface area contributed by atoms with E-state index < -0.39 is 5.92 Å². The summed E-state index contributed by atoms with van der Waals surface area (Å²) in [6.45, 7) is 1.85. The van der Waals surface area contributed by atoms with Crippen molar-refractivity contribution in [2.75, 3.05) is 18.0 Å². The summed E-state index contributed by atoms with van der Waals surface area (Å²) < 4.78 is 29.1. The van der Waals surface area contributed by atoms with Gasteiger partial charge in [-0.25, -0.2) is 18.3 Å². The second kappa shape index (κ2) is 4.41. The molecule has 19 heavy (non-hydrogen) atoms. The highest BCUT2D eigenvalue weighted by molar-refractivity contribution is 14.1. The van der Waals surface area contributed by atoms with Crippen LogP contribution in [0.25, 0.3) is 5.65 Å². The fourth-order valence-corrected chi connectivity index (χ4v) is 2.87. The number of aryl methyl sites for hydroxylation is 1. The molecular weight excluding hydrogens is 389 g/mol. The largest absolute Gasteiger partial charge is 0.362 e. The van der Waals surface area contributed by atoms with Gasteiger partial charge in [0.2, 0.25) is 0 Å². The van der Waals surface area contributed by atoms with Gasteiger partial charge in [0, 0.05) is 19.0 Å². The first kappa shape index (κ1) is 13.3. The number of rotatable bonds is 1. The van der Waals surface area contributed by atoms with Crippen LogP contribution < -0.4 is 4.90 Å². The molecular formula is C11H10ClF2IN4. The second-order valence-corrected chi connectivity index (χ2v) is 6.01. The first-order valence-electron chi connectivity index (χ1n) is 5.71. The lowest BCUT2D eigenvalue weighted by Gasteiger charge is -2.18. The molecule has 1 aliphatic heterocycles. The Hall–Kier alpha value is -0.700. The molecule has 4 nitrogen and oxygen atoms in total. The zero-order valence-corrected chi connectivity index (χ0v) is 12.9. The molecule has 0 unspecified atom stereocenters. The number of imidazole rings is 1. The number of fused-ring (bicyclic) bond motifs is 1. The van der Waals surface area contributed by atoms with Gasteiger partial charge >= 0.3 is 0 Å². The van der Waals surface area contributed by atoms with E-state index in [4.69, 9.17) is 11.6 Å². The summed E-state index contributed by atoms with van der Waals surface area (Å²) in [5.41, 5.74) is 2.00. The van der Waals surface area contributed by atoms with E-state index in [2.05, 4.69) is 32.7 Å². The van der Waals surface area contributed by atoms with Crippen molar-refractivity contribution < 1.29 is 8.78 Å². The lowest BCUT2D eigenvalue weighted by atomic mass is 10.3. The summed E-state index contributed by atoms with van der Waals surface area (Å²) in [5.74, 6) is -2.65. The maximum absolute atomic E-state index is 13.3. The molecule has 1 saturated heterocycles. The lowest BCUT2D eigenvalue weighted by Crippen LogP contribution is -2.25. The van der Waals surface area contributed by atoms with E-state index in [1.54, 1.807) is 15.5 Å². The molecule has 0 saturated carbocycles. The predicted molar refractivity (Wildman–Crippen MR) is 77.2 cm³/mol. The van der Waals surface area contributed by atoms with E-state index in [-0.39, 0.29) is 18.1 Å². The van der Waals surface area contributed by atoms with Crippen molar-refractivity contribution in [3.63, 3.8) is 0 Å². The number of halogens is 4. The molecule has 0 bridgehead atoms. The highest BCUT2D eigenvalue weighted by atomic mass is 127. The van der Waals surface area contributed by atoms with Gasteiger partial charge in [-0.3, -0.25) is 0 Å². The van der Waals surface area contributed by atoms with Crippen LogP contribution in [0.3, 0.4) is 0 Å². The molecule has 0 atom stereocenters. The Morgan fingerprint density at radius 2 is 2.21 bits per heavy atom. The average molecular weight is 399 g/mol. The van der Waals surface area contributed by atoms with Gasteiger partial charge in [-0.2, -0.15) is 5.10 Å². The first-order chi connectivity index (χ1) is 8.87. The zero-order chi connectivity index (χ0) is 13.8. The molecule has 0 aromatic carbocycles. The number of hydrogen-bond acceptors (Lipinski definition) is 3. The van der Waals surface area contributed by atoms with Crippen LogP contribution in [0.15, 0.2) is 6.07 Å². The Kier molecular flexibility index (Phi) is 3.08. The van der Waals surface area contributed by atoms with Crippen molar-refractivity contribution >= 4 is 45.5 Å². The zero-order valence-electron chi connectivity index (χ0n) is 10.00. The molecule has 0 spiro atoms. The van der Waals surface area contributed by atoms with Crippen molar-refractivity contribution in [1.29, 1.82) is 0 Å². The molecule has 0 aliphatic carbocycles. The smallest absolute Gasteiger partial charge is 0.266 e. The third-order valence-corrected chi connectivity index (χ3v) is 4.57. The van der Waals surface area contributed by atoms with Crippen molar-refractivity contribution in [2.45, 2.75) is 19.3 Å². The van der Waals surface area contributed by atoms with Gasteiger partial charge in [0.15, 0.2) is 10.8 Å². The minimum atomic E-state index is -2.65. The minimum absolute atomic E-state index is 0.143. The molecule has 102 valence electrons. The normalized spacial score (nSPS) is 18.5. The molecule has 1 fully saturated rings. The first-order valence-corrected chi connectivity index (χ1v) is 7.17. The molecule has 2 aromatic heterocycles. The lowest BCUT2D eigenvalue weighted by molar-refractivity contribution is 0.0257. The number of hydrogen-bond donors (Lipinski definition) is 0. The minimum Gasteiger partial charge on any atom is -0.362 e. The maximum atomic E-state index is 13.3. The summed E-state index contributed by atoms with van der Waals surface area (Å²) in [6.07, 6.45) is -0.143. The van der Waals surface area contributed by atoms with E-state index >= 15 is 0 Å². The molecule has 0 N–H and O–H groups in total. The van der Waals surface area contributed by atoms with Gasteiger partial charge in [0.25, 0.3) is 5.92 Å². The van der Waals surface area contributed by atoms with Gasteiger partial charge < -0.3 is 4.90 Å². The summed E-state index contributed by atoms with van der Waals surface area (Å²) in [5, 5.41) is 4.43. The fourth-order valence-electron chi connectivity index (χ4n) is 2.23. The Bertz CT molecular complexity index is 658. The van der Waals surface area contributed by atoms with Crippen molar-refractivity contribution in [1.82, 2.24) is 14.6 Å². The summed E-state index contributed by atoms with van der Waals surface area (Å²) in [6, 6.07) is 1.60. The Morgan fingerprint density at radius 1 is 1.47 bits per heavy atom. The molecule has 8 heteroatoms. The number of anilines is 1. The monoisotopic (exact) mass is 398 g/mol. The number of nitrogens with zero attached hydrogens (tertiary/aromatic N) is 4. The quantitative estimate of drug-likeness (QED) is 0.692. The predicted octanol–water partition coefficient (Wildman–Crippen LogP) is 3.14. The van der Waals surface area contributed by atoms with Gasteiger partial charge in [-0.1, -0.05) is 11.6 Å². The van der Waals surface area contributed by atoms with Gasteiger partial charge in [0.1, 0.15) is 3.70 Å². The van der Waals surface area contributed by atoms with E-state index in [1.807, 2.05) is 6.92 Å². The fraction of sp³-hybridized carbons (Fsp3) is 0.455. The number of alkyl halides is 2. The van der Waals surface area contributed by atoms with Crippen LogP contribution in [-0.2, 0) is 0 Å². The average Bonchev–Trinajstić information content (AvgIpc) is 2.82. The van der Waals surface area contributed by atoms with Crippen molar-refractivity contribution in [3.8, 4) is 0 Å². The third-order valence-electron chi connectivity index (χ3n) is 3.15. The molecule has 3 rings (SSSR count). The van der Waals surface area contributed by atoms with E-state index in [1.165, 1.54) is 0 Å². The summed E-state index contributed by atoms with van der Waals surface area (Å²) in [7, 11) is 0. The molecule has 0 amide bonds. The van der Waals surface area contributed by atoms with Crippen LogP contribution in [0.1, 0.15) is 12.1 Å². The Balaban J connectivity index is 2.16. The summed E-state index contributed by atoms with van der Waals surface area (Å²) >= 11 is 8.09. The van der Waals surface area contributed by atoms with Crippen LogP contribution in [0, 0.1) is 10.6 Å². The topological polar surface area (TPSA) is 33.4 Å². The highest BCUT2D eigenvalue weighted by Crippen LogP contribution is 2.34. The van der Waals surface area contributed by atoms with E-state index in [0.717, 1.165) is 9.39 Å². The highest BCUT2D eigenvalue weighted by Gasteiger charge is 2.39. The molecule has 0 radical (unpaired) electrons. The summed E-state index contributed by atoms with van der Waals surface area (Å²) in [4.78, 5) is 6.01. The van der Waals surface area contributed by atoms with E-state index in [0.29, 0.717) is 17.9 Å². The molecule has 2 aromatic rings. The molecule has 1 aliphatic rings. The van der Waals surface area contributed by atoms with Crippen molar-refractivity contribution in [2.24, 2.45) is 0 Å². The molecule has 3 heterocycles. The van der Waals surface area contributed by atoms with Crippen LogP contribution in [-0.4, -0.2) is 33.6 Å². The van der Waals surface area contributed by atoms with Crippen LogP contribution >= 0.6 is 34.2 Å². The van der Waals surface area contributed by atoms with Crippen molar-refractivity contribution in [3.05, 3.63) is 20.6 Å². The number of aromatic nitrogens is 3. The van der Waals surface area contributed by atoms with Gasteiger partial charge in [0.05, 0.1) is 17.9 Å². The third kappa shape index (κ3) is 2.26. The van der Waals surface area contributed by atoms with E-state index in [9.17, 15) is 8.78 Å². The van der Waals surface area contributed by atoms with Gasteiger partial charge in [-0.15, -0.1) is 0 Å². The van der Waals surface area contributed by atoms with Crippen LogP contribution in [0.5, 0.6) is 0 Å². The Morgan fingerprint density at radius 3 is 2.84 bits per heavy atom. The standard InChI is InChI=1S/C11H10ClF2IN4/c1-6-9(15)19-10(16-6)7(4-8(12)17-19)18-3-2-11(13,14)5-18/h4H,2-3,5H2,1H3. The van der Waals surface area contributed by atoms with Gasteiger partial charge in [-0.05, 0) is 29.5 Å². The second-order valence-electron chi connectivity index (χ2n) is 4.60. The van der Waals surface area contributed by atoms with Crippen LogP contribution in [0.2, 0.25) is 5.15 Å². The SMILES string of the molecule is Cc1nc2c(N3CCC(F)(F)C3)cc(Cl)nn2c1I. The maximum Gasteiger partial charge on any atom is 0.266 e.